The monoisotopic (exact) mass is 280 g/mol. The standard InChI is InChI=1S/C19H36O/c1-15(20-16-12-10-9-11-13-16)19(8,18(5,6)7)14-17(2,3)4/h16H,1,9-14H2,2-8H3. The molecule has 1 aliphatic rings. The van der Waals surface area contributed by atoms with E-state index >= 15 is 0 Å². The SMILES string of the molecule is C=C(OC1CCCCC1)C(C)(CC(C)(C)C)C(C)(C)C. The second-order valence-electron chi connectivity index (χ2n) is 9.12. The highest BCUT2D eigenvalue weighted by Crippen LogP contribution is 2.51. The Bertz CT molecular complexity index is 323. The van der Waals surface area contributed by atoms with Crippen LogP contribution in [0.2, 0.25) is 0 Å². The Balaban J connectivity index is 2.84. The first-order valence-corrected chi connectivity index (χ1v) is 8.32. The van der Waals surface area contributed by atoms with E-state index in [1.54, 1.807) is 0 Å². The molecule has 0 saturated heterocycles. The fourth-order valence-corrected chi connectivity index (χ4v) is 3.36. The number of rotatable bonds is 4. The zero-order chi connectivity index (χ0) is 15.6. The molecular formula is C19H36O. The van der Waals surface area contributed by atoms with Gasteiger partial charge < -0.3 is 4.74 Å². The second kappa shape index (κ2) is 6.12. The van der Waals surface area contributed by atoms with Crippen LogP contribution in [0.3, 0.4) is 0 Å². The summed E-state index contributed by atoms with van der Waals surface area (Å²) >= 11 is 0. The van der Waals surface area contributed by atoms with Crippen LogP contribution in [0.5, 0.6) is 0 Å². The van der Waals surface area contributed by atoms with Crippen LogP contribution in [0.15, 0.2) is 12.3 Å². The highest BCUT2D eigenvalue weighted by Gasteiger charge is 2.44. The van der Waals surface area contributed by atoms with Crippen molar-refractivity contribution in [1.29, 1.82) is 0 Å². The average Bonchev–Trinajstić information content (AvgIpc) is 2.26. The van der Waals surface area contributed by atoms with Crippen LogP contribution in [-0.4, -0.2) is 6.10 Å². The number of hydrogen-bond donors (Lipinski definition) is 0. The molecule has 0 N–H and O–H groups in total. The summed E-state index contributed by atoms with van der Waals surface area (Å²) in [5.41, 5.74) is 0.454. The summed E-state index contributed by atoms with van der Waals surface area (Å²) in [6, 6.07) is 0. The van der Waals surface area contributed by atoms with Crippen LogP contribution in [0.4, 0.5) is 0 Å². The summed E-state index contributed by atoms with van der Waals surface area (Å²) in [6.07, 6.45) is 7.90. The van der Waals surface area contributed by atoms with Crippen molar-refractivity contribution in [2.75, 3.05) is 0 Å². The quantitative estimate of drug-likeness (QED) is 0.546. The van der Waals surface area contributed by atoms with Crippen molar-refractivity contribution in [2.24, 2.45) is 16.2 Å². The second-order valence-corrected chi connectivity index (χ2v) is 9.12. The lowest BCUT2D eigenvalue weighted by Gasteiger charge is -2.47. The number of hydrogen-bond acceptors (Lipinski definition) is 1. The van der Waals surface area contributed by atoms with Gasteiger partial charge in [-0.05, 0) is 42.9 Å². The van der Waals surface area contributed by atoms with Gasteiger partial charge in [0.15, 0.2) is 0 Å². The van der Waals surface area contributed by atoms with E-state index in [1.165, 1.54) is 32.1 Å². The molecule has 1 atom stereocenters. The molecule has 1 rings (SSSR count). The van der Waals surface area contributed by atoms with Crippen LogP contribution in [-0.2, 0) is 4.74 Å². The van der Waals surface area contributed by atoms with Gasteiger partial charge in [0.05, 0.1) is 11.9 Å². The van der Waals surface area contributed by atoms with Gasteiger partial charge in [0.2, 0.25) is 0 Å². The molecule has 0 aliphatic heterocycles. The molecule has 0 aromatic rings. The summed E-state index contributed by atoms with van der Waals surface area (Å²) in [5, 5.41) is 0. The van der Waals surface area contributed by atoms with Gasteiger partial charge in [-0.2, -0.15) is 0 Å². The molecule has 0 amide bonds. The van der Waals surface area contributed by atoms with E-state index in [4.69, 9.17) is 4.74 Å². The summed E-state index contributed by atoms with van der Waals surface area (Å²) < 4.78 is 6.33. The smallest absolute Gasteiger partial charge is 0.0982 e. The van der Waals surface area contributed by atoms with E-state index in [2.05, 4.69) is 55.0 Å². The van der Waals surface area contributed by atoms with Crippen LogP contribution in [0.25, 0.3) is 0 Å². The predicted octanol–water partition coefficient (Wildman–Crippen LogP) is 6.34. The Morgan fingerprint density at radius 2 is 1.45 bits per heavy atom. The Morgan fingerprint density at radius 1 is 0.950 bits per heavy atom. The third kappa shape index (κ3) is 4.53. The Labute approximate surface area is 127 Å². The van der Waals surface area contributed by atoms with Gasteiger partial charge in [0.1, 0.15) is 0 Å². The first kappa shape index (κ1) is 17.6. The topological polar surface area (TPSA) is 9.23 Å². The largest absolute Gasteiger partial charge is 0.495 e. The number of allylic oxidation sites excluding steroid dienone is 1. The van der Waals surface area contributed by atoms with Gasteiger partial charge >= 0.3 is 0 Å². The molecule has 1 saturated carbocycles. The van der Waals surface area contributed by atoms with Crippen molar-refractivity contribution in [3.8, 4) is 0 Å². The molecule has 118 valence electrons. The van der Waals surface area contributed by atoms with Gasteiger partial charge in [-0.15, -0.1) is 0 Å². The van der Waals surface area contributed by atoms with E-state index in [-0.39, 0.29) is 16.2 Å². The van der Waals surface area contributed by atoms with Crippen molar-refractivity contribution in [3.63, 3.8) is 0 Å². The van der Waals surface area contributed by atoms with E-state index in [0.29, 0.717) is 6.10 Å². The summed E-state index contributed by atoms with van der Waals surface area (Å²) in [4.78, 5) is 0. The van der Waals surface area contributed by atoms with Crippen LogP contribution in [0.1, 0.15) is 87.0 Å². The molecule has 0 spiro atoms. The maximum absolute atomic E-state index is 6.33. The lowest BCUT2D eigenvalue weighted by molar-refractivity contribution is -0.0162. The van der Waals surface area contributed by atoms with Crippen molar-refractivity contribution in [1.82, 2.24) is 0 Å². The molecule has 1 aliphatic carbocycles. The van der Waals surface area contributed by atoms with Gasteiger partial charge in [0.25, 0.3) is 0 Å². The van der Waals surface area contributed by atoms with E-state index in [9.17, 15) is 0 Å². The zero-order valence-electron chi connectivity index (χ0n) is 14.9. The van der Waals surface area contributed by atoms with Crippen molar-refractivity contribution in [3.05, 3.63) is 12.3 Å². The lowest BCUT2D eigenvalue weighted by Crippen LogP contribution is -2.39. The van der Waals surface area contributed by atoms with Crippen molar-refractivity contribution < 1.29 is 4.74 Å². The fraction of sp³-hybridized carbons (Fsp3) is 0.895. The minimum Gasteiger partial charge on any atom is -0.495 e. The maximum Gasteiger partial charge on any atom is 0.0982 e. The zero-order valence-corrected chi connectivity index (χ0v) is 14.9. The molecule has 1 heteroatoms. The number of ether oxygens (including phenoxy) is 1. The third-order valence-electron chi connectivity index (χ3n) is 5.02. The van der Waals surface area contributed by atoms with Gasteiger partial charge in [-0.25, -0.2) is 0 Å². The minimum atomic E-state index is 0.0166. The molecular weight excluding hydrogens is 244 g/mol. The lowest BCUT2D eigenvalue weighted by atomic mass is 9.60. The minimum absolute atomic E-state index is 0.0166. The molecule has 0 radical (unpaired) electrons. The first-order valence-electron chi connectivity index (χ1n) is 8.32. The van der Waals surface area contributed by atoms with E-state index in [1.807, 2.05) is 0 Å². The molecule has 0 aromatic heterocycles. The van der Waals surface area contributed by atoms with Crippen LogP contribution in [0, 0.1) is 16.2 Å². The van der Waals surface area contributed by atoms with Gasteiger partial charge in [-0.3, -0.25) is 0 Å². The molecule has 1 nitrogen and oxygen atoms in total. The molecule has 0 bridgehead atoms. The highest BCUT2D eigenvalue weighted by atomic mass is 16.5. The van der Waals surface area contributed by atoms with Gasteiger partial charge in [-0.1, -0.05) is 61.5 Å². The molecule has 20 heavy (non-hydrogen) atoms. The van der Waals surface area contributed by atoms with Crippen molar-refractivity contribution >= 4 is 0 Å². The maximum atomic E-state index is 6.33. The first-order chi connectivity index (χ1) is 8.96. The third-order valence-corrected chi connectivity index (χ3v) is 5.02. The predicted molar refractivity (Wildman–Crippen MR) is 88.7 cm³/mol. The normalized spacial score (nSPS) is 21.4. The Kier molecular flexibility index (Phi) is 5.38. The summed E-state index contributed by atoms with van der Waals surface area (Å²) in [5.74, 6) is 1.01. The molecule has 1 unspecified atom stereocenters. The molecule has 0 aromatic carbocycles. The Morgan fingerprint density at radius 3 is 1.85 bits per heavy atom. The average molecular weight is 280 g/mol. The highest BCUT2D eigenvalue weighted by molar-refractivity contribution is 5.09. The van der Waals surface area contributed by atoms with Crippen LogP contribution < -0.4 is 0 Å². The summed E-state index contributed by atoms with van der Waals surface area (Å²) in [7, 11) is 0. The van der Waals surface area contributed by atoms with E-state index in [0.717, 1.165) is 12.2 Å². The van der Waals surface area contributed by atoms with Gasteiger partial charge in [0, 0.05) is 5.41 Å². The molecule has 1 fully saturated rings. The molecule has 0 heterocycles. The van der Waals surface area contributed by atoms with Crippen molar-refractivity contribution in [2.45, 2.75) is 93.1 Å². The fourth-order valence-electron chi connectivity index (χ4n) is 3.36. The Hall–Kier alpha value is -0.460. The van der Waals surface area contributed by atoms with E-state index < -0.39 is 0 Å². The van der Waals surface area contributed by atoms with Crippen LogP contribution >= 0.6 is 0 Å². The summed E-state index contributed by atoms with van der Waals surface area (Å²) in [6.45, 7) is 20.6.